The second-order valence-corrected chi connectivity index (χ2v) is 2.54. The molecule has 3 nitrogen and oxygen atoms in total. The van der Waals surface area contributed by atoms with Crippen LogP contribution < -0.4 is 0 Å². The molecule has 0 amide bonds. The second kappa shape index (κ2) is 3.64. The molecule has 0 aromatic heterocycles. The molecule has 0 aliphatic carbocycles. The highest BCUT2D eigenvalue weighted by atomic mass is 19.4. The Bertz CT molecular complexity index is 232. The molecule has 0 aliphatic rings. The average molecular weight is 225 g/mol. The summed E-state index contributed by atoms with van der Waals surface area (Å²) in [5, 5.41) is 5.18. The normalized spacial score (nSPS) is 20.6. The van der Waals surface area contributed by atoms with Gasteiger partial charge in [0.05, 0.1) is 5.34 Å². The summed E-state index contributed by atoms with van der Waals surface area (Å²) >= 11 is 0. The van der Waals surface area contributed by atoms with E-state index in [1.807, 2.05) is 0 Å². The standard InChI is InChI=1S/C5H5F6NO2/c1-4(8,2(6)7)5(9,3(13)14)12(10)11/h2H,1H3,(H,13,14)/t4-,5-/m0/s1. The Morgan fingerprint density at radius 3 is 1.79 bits per heavy atom. The highest BCUT2D eigenvalue weighted by Crippen LogP contribution is 2.39. The van der Waals surface area contributed by atoms with Gasteiger partial charge in [-0.2, -0.15) is 0 Å². The molecule has 9 heteroatoms. The van der Waals surface area contributed by atoms with Gasteiger partial charge in [-0.15, -0.1) is 0 Å². The van der Waals surface area contributed by atoms with Crippen molar-refractivity contribution < 1.29 is 36.4 Å². The van der Waals surface area contributed by atoms with E-state index >= 15 is 0 Å². The molecule has 0 rings (SSSR count). The Labute approximate surface area is 73.8 Å². The number of carboxylic acid groups (broad SMARTS) is 1. The minimum atomic E-state index is -5.08. The van der Waals surface area contributed by atoms with Crippen molar-refractivity contribution in [3.63, 3.8) is 0 Å². The van der Waals surface area contributed by atoms with Gasteiger partial charge >= 0.3 is 11.8 Å². The molecule has 0 heterocycles. The number of carbonyl (C=O) groups is 1. The molecule has 84 valence electrons. The van der Waals surface area contributed by atoms with Gasteiger partial charge in [-0.3, -0.25) is 0 Å². The van der Waals surface area contributed by atoms with Gasteiger partial charge in [0.15, 0.2) is 0 Å². The third kappa shape index (κ3) is 1.63. The molecule has 0 radical (unpaired) electrons. The van der Waals surface area contributed by atoms with E-state index in [9.17, 15) is 31.3 Å². The lowest BCUT2D eigenvalue weighted by Gasteiger charge is -2.31. The van der Waals surface area contributed by atoms with Crippen LogP contribution in [0.25, 0.3) is 0 Å². The number of hydrogen-bond acceptors (Lipinski definition) is 2. The van der Waals surface area contributed by atoms with E-state index in [1.54, 1.807) is 0 Å². The molecule has 0 aliphatic heterocycles. The quantitative estimate of drug-likeness (QED) is 0.450. The fourth-order valence-corrected chi connectivity index (χ4v) is 0.591. The van der Waals surface area contributed by atoms with Gasteiger partial charge in [0.2, 0.25) is 5.67 Å². The summed E-state index contributed by atoms with van der Waals surface area (Å²) in [6.45, 7) is -0.266. The first-order valence-corrected chi connectivity index (χ1v) is 3.09. The Hall–Kier alpha value is -0.990. The van der Waals surface area contributed by atoms with E-state index in [-0.39, 0.29) is 6.92 Å². The minimum Gasteiger partial charge on any atom is -0.478 e. The molecule has 0 aromatic carbocycles. The maximum absolute atomic E-state index is 12.8. The van der Waals surface area contributed by atoms with Crippen molar-refractivity contribution in [3.8, 4) is 0 Å². The van der Waals surface area contributed by atoms with Crippen LogP contribution in [0.4, 0.5) is 26.5 Å². The predicted molar refractivity (Wildman–Crippen MR) is 31.0 cm³/mol. The van der Waals surface area contributed by atoms with Crippen molar-refractivity contribution in [2.45, 2.75) is 24.8 Å². The van der Waals surface area contributed by atoms with E-state index < -0.39 is 29.2 Å². The molecular formula is C5H5F6NO2. The van der Waals surface area contributed by atoms with Crippen LogP contribution in [-0.2, 0) is 4.79 Å². The van der Waals surface area contributed by atoms with Gasteiger partial charge in [0.1, 0.15) is 0 Å². The molecule has 0 unspecified atom stereocenters. The summed E-state index contributed by atoms with van der Waals surface area (Å²) in [6.07, 6.45) is -4.21. The number of aliphatic carboxylic acids is 1. The van der Waals surface area contributed by atoms with E-state index in [2.05, 4.69) is 0 Å². The molecule has 14 heavy (non-hydrogen) atoms. The summed E-state index contributed by atoms with van der Waals surface area (Å²) in [6, 6.07) is 0. The van der Waals surface area contributed by atoms with Gasteiger partial charge in [0.25, 0.3) is 6.43 Å². The van der Waals surface area contributed by atoms with Crippen molar-refractivity contribution >= 4 is 5.97 Å². The van der Waals surface area contributed by atoms with Gasteiger partial charge in [-0.1, -0.05) is 8.96 Å². The summed E-state index contributed by atoms with van der Waals surface area (Å²) in [5.41, 5.74) is -4.53. The zero-order valence-electron chi connectivity index (χ0n) is 6.65. The summed E-state index contributed by atoms with van der Waals surface area (Å²) < 4.78 is 72.5. The molecule has 0 saturated heterocycles. The molecule has 0 bridgehead atoms. The summed E-state index contributed by atoms with van der Waals surface area (Å²) in [7, 11) is 0. The second-order valence-electron chi connectivity index (χ2n) is 2.54. The van der Waals surface area contributed by atoms with Crippen LogP contribution in [0.2, 0.25) is 0 Å². The van der Waals surface area contributed by atoms with Crippen LogP contribution in [0.1, 0.15) is 6.92 Å². The van der Waals surface area contributed by atoms with Crippen LogP contribution in [0.15, 0.2) is 0 Å². The van der Waals surface area contributed by atoms with Crippen molar-refractivity contribution in [1.29, 1.82) is 0 Å². The minimum absolute atomic E-state index is 0.266. The predicted octanol–water partition coefficient (Wildman–Crippen LogP) is 1.80. The first-order valence-electron chi connectivity index (χ1n) is 3.09. The van der Waals surface area contributed by atoms with E-state index in [1.165, 1.54) is 0 Å². The fourth-order valence-electron chi connectivity index (χ4n) is 0.591. The lowest BCUT2D eigenvalue weighted by Crippen LogP contribution is -2.61. The lowest BCUT2D eigenvalue weighted by atomic mass is 9.97. The van der Waals surface area contributed by atoms with E-state index in [0.29, 0.717) is 0 Å². The molecule has 0 aromatic rings. The number of halogens is 6. The highest BCUT2D eigenvalue weighted by molar-refractivity contribution is 5.78. The Morgan fingerprint density at radius 2 is 1.71 bits per heavy atom. The summed E-state index contributed by atoms with van der Waals surface area (Å²) in [4.78, 5) is 9.94. The highest BCUT2D eigenvalue weighted by Gasteiger charge is 2.68. The van der Waals surface area contributed by atoms with Crippen molar-refractivity contribution in [3.05, 3.63) is 0 Å². The van der Waals surface area contributed by atoms with Crippen molar-refractivity contribution in [1.82, 2.24) is 5.34 Å². The number of hydrogen-bond donors (Lipinski definition) is 1. The molecule has 0 saturated carbocycles. The number of carboxylic acids is 1. The third-order valence-electron chi connectivity index (χ3n) is 1.57. The number of rotatable bonds is 4. The van der Waals surface area contributed by atoms with Crippen LogP contribution in [0, 0.1) is 0 Å². The maximum atomic E-state index is 12.8. The fraction of sp³-hybridized carbons (Fsp3) is 0.800. The van der Waals surface area contributed by atoms with Crippen LogP contribution in [-0.4, -0.2) is 34.3 Å². The first-order chi connectivity index (χ1) is 6.08. The zero-order chi connectivity index (χ0) is 11.7. The molecule has 2 atom stereocenters. The number of alkyl halides is 4. The van der Waals surface area contributed by atoms with Gasteiger partial charge in [0, 0.05) is 0 Å². The van der Waals surface area contributed by atoms with E-state index in [0.717, 1.165) is 0 Å². The molecule has 0 fully saturated rings. The largest absolute Gasteiger partial charge is 0.478 e. The smallest absolute Gasteiger partial charge is 0.366 e. The summed E-state index contributed by atoms with van der Waals surface area (Å²) in [5.74, 6) is -8.12. The van der Waals surface area contributed by atoms with Gasteiger partial charge in [-0.05, 0) is 6.92 Å². The van der Waals surface area contributed by atoms with Crippen LogP contribution in [0.5, 0.6) is 0 Å². The molecule has 1 N–H and O–H groups in total. The third-order valence-corrected chi connectivity index (χ3v) is 1.57. The van der Waals surface area contributed by atoms with Crippen molar-refractivity contribution in [2.75, 3.05) is 0 Å². The number of nitrogens with zero attached hydrogens (tertiary/aromatic N) is 1. The van der Waals surface area contributed by atoms with Crippen molar-refractivity contribution in [2.24, 2.45) is 0 Å². The monoisotopic (exact) mass is 225 g/mol. The zero-order valence-corrected chi connectivity index (χ0v) is 6.65. The Morgan fingerprint density at radius 1 is 1.36 bits per heavy atom. The van der Waals surface area contributed by atoms with Gasteiger partial charge < -0.3 is 5.11 Å². The lowest BCUT2D eigenvalue weighted by molar-refractivity contribution is -0.323. The van der Waals surface area contributed by atoms with Gasteiger partial charge in [-0.25, -0.2) is 22.4 Å². The maximum Gasteiger partial charge on any atom is 0.366 e. The Kier molecular flexibility index (Phi) is 3.38. The SMILES string of the molecule is C[C@](F)(C(F)F)[C@](F)(C(=O)O)N(F)F. The molecular weight excluding hydrogens is 220 g/mol. The average Bonchev–Trinajstić information content (AvgIpc) is 2.01. The van der Waals surface area contributed by atoms with E-state index in [4.69, 9.17) is 5.11 Å². The molecule has 0 spiro atoms. The topological polar surface area (TPSA) is 40.5 Å². The van der Waals surface area contributed by atoms with Crippen LogP contribution in [0.3, 0.4) is 0 Å². The Balaban J connectivity index is 5.32. The van der Waals surface area contributed by atoms with Crippen LogP contribution >= 0.6 is 0 Å². The first kappa shape index (κ1) is 13.0.